The van der Waals surface area contributed by atoms with Crippen LogP contribution in [0.5, 0.6) is 0 Å². The summed E-state index contributed by atoms with van der Waals surface area (Å²) in [4.78, 5) is 9.98. The molecule has 0 aliphatic rings. The predicted octanol–water partition coefficient (Wildman–Crippen LogP) is 3.20. The Balaban J connectivity index is 2.65. The van der Waals surface area contributed by atoms with E-state index >= 15 is 0 Å². The Hall–Kier alpha value is -1.38. The third kappa shape index (κ3) is 2.83. The molecule has 0 fully saturated rings. The first-order chi connectivity index (χ1) is 6.61. The number of ether oxygens (including phenoxy) is 1. The van der Waals surface area contributed by atoms with Crippen LogP contribution in [0.3, 0.4) is 0 Å². The summed E-state index contributed by atoms with van der Waals surface area (Å²) in [6.07, 6.45) is -1.72. The fourth-order valence-corrected chi connectivity index (χ4v) is 1.42. The van der Waals surface area contributed by atoms with Crippen molar-refractivity contribution < 1.29 is 13.9 Å². The van der Waals surface area contributed by atoms with Crippen molar-refractivity contribution in [3.8, 4) is 0 Å². The number of carbonyl (C=O) groups excluding carboxylic acids is 1. The van der Waals surface area contributed by atoms with E-state index in [9.17, 15) is 9.18 Å². The first kappa shape index (κ1) is 10.7. The van der Waals surface area contributed by atoms with E-state index in [1.165, 1.54) is 0 Å². The molecule has 0 spiro atoms. The summed E-state index contributed by atoms with van der Waals surface area (Å²) < 4.78 is 16.1. The number of carbonyl (C=O) groups is 1. The van der Waals surface area contributed by atoms with Crippen molar-refractivity contribution in [2.75, 3.05) is 6.61 Å². The van der Waals surface area contributed by atoms with E-state index in [4.69, 9.17) is 0 Å². The van der Waals surface area contributed by atoms with Crippen LogP contribution in [0.4, 0.5) is 9.18 Å². The maximum absolute atomic E-state index is 11.8. The lowest BCUT2D eigenvalue weighted by Crippen LogP contribution is -2.07. The summed E-state index contributed by atoms with van der Waals surface area (Å²) in [5.74, 6) is 0.0240. The minimum atomic E-state index is -1.72. The molecule has 0 aliphatic heterocycles. The Morgan fingerprint density at radius 1 is 1.50 bits per heavy atom. The van der Waals surface area contributed by atoms with E-state index in [-0.39, 0.29) is 12.5 Å². The molecule has 14 heavy (non-hydrogen) atoms. The molecule has 0 saturated carbocycles. The highest BCUT2D eigenvalue weighted by Crippen LogP contribution is 2.19. The summed E-state index contributed by atoms with van der Waals surface area (Å²) in [6.45, 7) is 3.95. The number of hydrogen-bond donors (Lipinski definition) is 0. The molecule has 3 heteroatoms. The number of hydrogen-bond acceptors (Lipinski definition) is 2. The van der Waals surface area contributed by atoms with Gasteiger partial charge in [0.25, 0.3) is 0 Å². The average molecular weight is 196 g/mol. The Bertz CT molecular complexity index is 323. The zero-order valence-electron chi connectivity index (χ0n) is 8.29. The number of benzene rings is 1. The molecule has 1 atom stereocenters. The Morgan fingerprint density at radius 2 is 2.14 bits per heavy atom. The van der Waals surface area contributed by atoms with Gasteiger partial charge in [-0.2, -0.15) is 0 Å². The van der Waals surface area contributed by atoms with Gasteiger partial charge in [0, 0.05) is 5.92 Å². The van der Waals surface area contributed by atoms with Crippen molar-refractivity contribution in [3.05, 3.63) is 35.4 Å². The standard InChI is InChI=1S/C11H13FO2/c1-8-5-3-4-6-10(8)9(2)7-14-11(12)13/h3-6,9H,7H2,1-2H3. The molecule has 76 valence electrons. The molecule has 0 radical (unpaired) electrons. The quantitative estimate of drug-likeness (QED) is 0.694. The van der Waals surface area contributed by atoms with Gasteiger partial charge < -0.3 is 4.74 Å². The molecule has 0 bridgehead atoms. The van der Waals surface area contributed by atoms with Gasteiger partial charge in [-0.3, -0.25) is 0 Å². The van der Waals surface area contributed by atoms with E-state index in [1.54, 1.807) is 0 Å². The molecule has 0 saturated heterocycles. The summed E-state index contributed by atoms with van der Waals surface area (Å²) in [6, 6.07) is 7.78. The van der Waals surface area contributed by atoms with Crippen molar-refractivity contribution in [1.29, 1.82) is 0 Å². The topological polar surface area (TPSA) is 26.3 Å². The SMILES string of the molecule is Cc1ccccc1C(C)COC(=O)F. The van der Waals surface area contributed by atoms with Crippen molar-refractivity contribution in [2.24, 2.45) is 0 Å². The van der Waals surface area contributed by atoms with Gasteiger partial charge in [0.1, 0.15) is 6.61 Å². The number of aryl methyl sites for hydroxylation is 1. The van der Waals surface area contributed by atoms with Gasteiger partial charge in [0.2, 0.25) is 0 Å². The van der Waals surface area contributed by atoms with E-state index < -0.39 is 6.22 Å². The lowest BCUT2D eigenvalue weighted by atomic mass is 9.97. The molecule has 0 amide bonds. The van der Waals surface area contributed by atoms with Gasteiger partial charge in [0.05, 0.1) is 0 Å². The Kier molecular flexibility index (Phi) is 3.63. The highest BCUT2D eigenvalue weighted by atomic mass is 19.1. The van der Waals surface area contributed by atoms with Gasteiger partial charge in [-0.05, 0) is 18.1 Å². The second-order valence-electron chi connectivity index (χ2n) is 3.31. The molecule has 0 aromatic heterocycles. The second-order valence-corrected chi connectivity index (χ2v) is 3.31. The zero-order valence-corrected chi connectivity index (χ0v) is 8.29. The van der Waals surface area contributed by atoms with Gasteiger partial charge in [0.15, 0.2) is 0 Å². The number of halogens is 1. The van der Waals surface area contributed by atoms with Gasteiger partial charge in [-0.25, -0.2) is 4.79 Å². The molecular formula is C11H13FO2. The van der Waals surface area contributed by atoms with Crippen LogP contribution >= 0.6 is 0 Å². The van der Waals surface area contributed by atoms with E-state index in [1.807, 2.05) is 38.1 Å². The summed E-state index contributed by atoms with van der Waals surface area (Å²) in [5, 5.41) is 0. The van der Waals surface area contributed by atoms with Crippen LogP contribution in [0, 0.1) is 6.92 Å². The predicted molar refractivity (Wildman–Crippen MR) is 52.1 cm³/mol. The molecule has 0 aliphatic carbocycles. The summed E-state index contributed by atoms with van der Waals surface area (Å²) >= 11 is 0. The van der Waals surface area contributed by atoms with Crippen LogP contribution in [0.2, 0.25) is 0 Å². The summed E-state index contributed by atoms with van der Waals surface area (Å²) in [7, 11) is 0. The van der Waals surface area contributed by atoms with Gasteiger partial charge in [-0.15, -0.1) is 4.39 Å². The van der Waals surface area contributed by atoms with Crippen molar-refractivity contribution in [1.82, 2.24) is 0 Å². The monoisotopic (exact) mass is 196 g/mol. The summed E-state index contributed by atoms with van der Waals surface area (Å²) in [5.41, 5.74) is 2.20. The third-order valence-electron chi connectivity index (χ3n) is 2.17. The van der Waals surface area contributed by atoms with Crippen molar-refractivity contribution in [2.45, 2.75) is 19.8 Å². The van der Waals surface area contributed by atoms with E-state index in [2.05, 4.69) is 4.74 Å². The average Bonchev–Trinajstić information content (AvgIpc) is 2.15. The first-order valence-electron chi connectivity index (χ1n) is 4.49. The smallest absolute Gasteiger partial charge is 0.440 e. The fourth-order valence-electron chi connectivity index (χ4n) is 1.42. The molecule has 1 aromatic carbocycles. The Labute approximate surface area is 82.7 Å². The van der Waals surface area contributed by atoms with Crippen LogP contribution in [0.15, 0.2) is 24.3 Å². The fraction of sp³-hybridized carbons (Fsp3) is 0.364. The van der Waals surface area contributed by atoms with Crippen LogP contribution in [0.25, 0.3) is 0 Å². The van der Waals surface area contributed by atoms with Crippen molar-refractivity contribution in [3.63, 3.8) is 0 Å². The largest absolute Gasteiger partial charge is 0.495 e. The normalized spacial score (nSPS) is 12.2. The number of rotatable bonds is 3. The molecule has 0 heterocycles. The van der Waals surface area contributed by atoms with Gasteiger partial charge in [-0.1, -0.05) is 31.2 Å². The Morgan fingerprint density at radius 3 is 2.71 bits per heavy atom. The molecule has 0 N–H and O–H groups in total. The second kappa shape index (κ2) is 4.74. The molecule has 2 nitrogen and oxygen atoms in total. The van der Waals surface area contributed by atoms with Gasteiger partial charge >= 0.3 is 6.22 Å². The maximum Gasteiger partial charge on any atom is 0.495 e. The molecule has 1 unspecified atom stereocenters. The molecular weight excluding hydrogens is 183 g/mol. The third-order valence-corrected chi connectivity index (χ3v) is 2.17. The molecule has 1 aromatic rings. The van der Waals surface area contributed by atoms with Crippen molar-refractivity contribution >= 4 is 6.22 Å². The van der Waals surface area contributed by atoms with Crippen LogP contribution in [-0.4, -0.2) is 12.8 Å². The highest BCUT2D eigenvalue weighted by molar-refractivity contribution is 5.58. The lowest BCUT2D eigenvalue weighted by molar-refractivity contribution is 0.115. The molecule has 1 rings (SSSR count). The highest BCUT2D eigenvalue weighted by Gasteiger charge is 2.10. The van der Waals surface area contributed by atoms with Crippen LogP contribution < -0.4 is 0 Å². The lowest BCUT2D eigenvalue weighted by Gasteiger charge is -2.13. The minimum absolute atomic E-state index is 0.0240. The van der Waals surface area contributed by atoms with Crippen LogP contribution in [0.1, 0.15) is 24.0 Å². The minimum Gasteiger partial charge on any atom is -0.440 e. The maximum atomic E-state index is 11.8. The van der Waals surface area contributed by atoms with E-state index in [0.717, 1.165) is 11.1 Å². The van der Waals surface area contributed by atoms with E-state index in [0.29, 0.717) is 0 Å². The zero-order chi connectivity index (χ0) is 10.6. The van der Waals surface area contributed by atoms with Crippen LogP contribution in [-0.2, 0) is 4.74 Å². The first-order valence-corrected chi connectivity index (χ1v) is 4.49.